The van der Waals surface area contributed by atoms with E-state index in [4.69, 9.17) is 18.9 Å². The van der Waals surface area contributed by atoms with E-state index in [0.29, 0.717) is 35.5 Å². The van der Waals surface area contributed by atoms with Gasteiger partial charge in [0, 0.05) is 37.3 Å². The quantitative estimate of drug-likeness (QED) is 0.440. The Labute approximate surface area is 187 Å². The molecular formula is C25H42N2O4. The highest BCUT2D eigenvalue weighted by Crippen LogP contribution is 2.48. The summed E-state index contributed by atoms with van der Waals surface area (Å²) in [5, 5.41) is 0. The minimum Gasteiger partial charge on any atom is -0.372 e. The van der Waals surface area contributed by atoms with Gasteiger partial charge in [-0.3, -0.25) is 9.80 Å². The molecule has 6 rings (SSSR count). The van der Waals surface area contributed by atoms with Crippen molar-refractivity contribution >= 4 is 0 Å². The Balaban J connectivity index is 1.28. The fourth-order valence-electron chi connectivity index (χ4n) is 6.84. The maximum Gasteiger partial charge on any atom is 0.0936 e. The van der Waals surface area contributed by atoms with Gasteiger partial charge < -0.3 is 18.9 Å². The van der Waals surface area contributed by atoms with Crippen molar-refractivity contribution in [2.24, 2.45) is 0 Å². The molecular weight excluding hydrogens is 392 g/mol. The molecule has 0 radical (unpaired) electrons. The summed E-state index contributed by atoms with van der Waals surface area (Å²) in [7, 11) is 0. The van der Waals surface area contributed by atoms with Crippen LogP contribution in [0.3, 0.4) is 0 Å². The Morgan fingerprint density at radius 3 is 1.03 bits per heavy atom. The van der Waals surface area contributed by atoms with Crippen LogP contribution in [0, 0.1) is 0 Å². The molecule has 4 heterocycles. The monoisotopic (exact) mass is 434 g/mol. The van der Waals surface area contributed by atoms with Crippen molar-refractivity contribution < 1.29 is 18.9 Å². The first-order valence-corrected chi connectivity index (χ1v) is 13.2. The number of ether oxygens (including phenoxy) is 4. The summed E-state index contributed by atoms with van der Waals surface area (Å²) in [6, 6.07) is 0. The Morgan fingerprint density at radius 1 is 0.484 bits per heavy atom. The minimum atomic E-state index is 0.306. The average Bonchev–Trinajstić information content (AvgIpc) is 3.63. The van der Waals surface area contributed by atoms with E-state index >= 15 is 0 Å². The first-order valence-electron chi connectivity index (χ1n) is 13.2. The molecule has 6 aliphatic rings. The second-order valence-electron chi connectivity index (χ2n) is 11.4. The molecule has 31 heavy (non-hydrogen) atoms. The van der Waals surface area contributed by atoms with E-state index in [1.807, 2.05) is 0 Å². The predicted octanol–water partition coefficient (Wildman–Crippen LogP) is 2.98. The second kappa shape index (κ2) is 8.84. The molecule has 0 bridgehead atoms. The topological polar surface area (TPSA) is 56.6 Å². The van der Waals surface area contributed by atoms with Crippen LogP contribution in [0.2, 0.25) is 0 Å². The fourth-order valence-corrected chi connectivity index (χ4v) is 6.84. The minimum absolute atomic E-state index is 0.306. The molecule has 176 valence electrons. The third-order valence-corrected chi connectivity index (χ3v) is 8.87. The lowest BCUT2D eigenvalue weighted by atomic mass is 9.66. The van der Waals surface area contributed by atoms with Gasteiger partial charge in [-0.25, -0.2) is 0 Å². The highest BCUT2D eigenvalue weighted by atomic mass is 16.6. The third-order valence-electron chi connectivity index (χ3n) is 8.87. The van der Waals surface area contributed by atoms with E-state index in [1.54, 1.807) is 0 Å². The Hall–Kier alpha value is -0.240. The molecule has 6 fully saturated rings. The summed E-state index contributed by atoms with van der Waals surface area (Å²) in [6.45, 7) is 8.23. The fraction of sp³-hybridized carbons (Fsp3) is 1.00. The summed E-state index contributed by atoms with van der Waals surface area (Å²) in [6.07, 6.45) is 16.8. The number of nitrogens with zero attached hydrogens (tertiary/aromatic N) is 2. The van der Waals surface area contributed by atoms with Gasteiger partial charge in [0.15, 0.2) is 0 Å². The van der Waals surface area contributed by atoms with E-state index in [2.05, 4.69) is 9.80 Å². The standard InChI is InChI=1S/C25H42N2O4/c1-3-7-24(8-4-1,26(11-20-15-28-20)12-21-16-29-21)19-25(9-5-2-6-10-25)27(13-22-17-30-22)14-23-18-31-23/h20-23H,1-19H2. The molecule has 4 unspecified atom stereocenters. The first kappa shape index (κ1) is 21.3. The molecule has 4 saturated heterocycles. The van der Waals surface area contributed by atoms with E-state index in [-0.39, 0.29) is 0 Å². The Morgan fingerprint density at radius 2 is 0.774 bits per heavy atom. The predicted molar refractivity (Wildman–Crippen MR) is 118 cm³/mol. The maximum absolute atomic E-state index is 5.74. The summed E-state index contributed by atoms with van der Waals surface area (Å²) in [5.74, 6) is 0. The van der Waals surface area contributed by atoms with Crippen LogP contribution >= 0.6 is 0 Å². The molecule has 0 amide bonds. The molecule has 0 aromatic rings. The lowest BCUT2D eigenvalue weighted by Gasteiger charge is -2.56. The zero-order valence-corrected chi connectivity index (χ0v) is 19.3. The van der Waals surface area contributed by atoms with E-state index in [1.165, 1.54) is 70.6 Å². The van der Waals surface area contributed by atoms with Crippen LogP contribution in [-0.2, 0) is 18.9 Å². The van der Waals surface area contributed by atoms with Crippen LogP contribution < -0.4 is 0 Å². The van der Waals surface area contributed by atoms with Gasteiger partial charge in [0.1, 0.15) is 0 Å². The number of hydrogen-bond acceptors (Lipinski definition) is 6. The largest absolute Gasteiger partial charge is 0.372 e. The van der Waals surface area contributed by atoms with Gasteiger partial charge in [0.2, 0.25) is 0 Å². The van der Waals surface area contributed by atoms with Crippen molar-refractivity contribution in [2.45, 2.75) is 106 Å². The van der Waals surface area contributed by atoms with E-state index < -0.39 is 0 Å². The molecule has 0 spiro atoms. The highest BCUT2D eigenvalue weighted by molar-refractivity contribution is 5.07. The smallest absolute Gasteiger partial charge is 0.0936 e. The molecule has 0 aromatic heterocycles. The number of epoxide rings is 4. The lowest BCUT2D eigenvalue weighted by molar-refractivity contribution is -0.0482. The summed E-state index contributed by atoms with van der Waals surface area (Å²) in [5.41, 5.74) is 0.612. The van der Waals surface area contributed by atoms with Crippen molar-refractivity contribution in [3.05, 3.63) is 0 Å². The normalized spacial score (nSPS) is 37.7. The van der Waals surface area contributed by atoms with Crippen molar-refractivity contribution in [1.29, 1.82) is 0 Å². The Kier molecular flexibility index (Phi) is 6.08. The zero-order chi connectivity index (χ0) is 20.7. The zero-order valence-electron chi connectivity index (χ0n) is 19.3. The van der Waals surface area contributed by atoms with Crippen molar-refractivity contribution in [3.63, 3.8) is 0 Å². The number of hydrogen-bond donors (Lipinski definition) is 0. The van der Waals surface area contributed by atoms with Crippen molar-refractivity contribution in [3.8, 4) is 0 Å². The van der Waals surface area contributed by atoms with Crippen LogP contribution in [-0.4, -0.2) is 97.9 Å². The first-order chi connectivity index (χ1) is 15.2. The Bertz CT molecular complexity index is 523. The van der Waals surface area contributed by atoms with Gasteiger partial charge in [-0.15, -0.1) is 0 Å². The molecule has 0 N–H and O–H groups in total. The summed E-state index contributed by atoms with van der Waals surface area (Å²) >= 11 is 0. The van der Waals surface area contributed by atoms with Crippen LogP contribution in [0.1, 0.15) is 70.6 Å². The van der Waals surface area contributed by atoms with Gasteiger partial charge >= 0.3 is 0 Å². The summed E-state index contributed by atoms with van der Waals surface area (Å²) in [4.78, 5) is 5.72. The third kappa shape index (κ3) is 5.30. The molecule has 6 heteroatoms. The molecule has 2 aliphatic carbocycles. The SMILES string of the molecule is C1CCC(CC2(N(CC3CO3)CC3CO3)CCCCC2)(N(CC2CO2)CC2CO2)CC1. The van der Waals surface area contributed by atoms with Gasteiger partial charge in [-0.1, -0.05) is 38.5 Å². The van der Waals surface area contributed by atoms with Crippen molar-refractivity contribution in [2.75, 3.05) is 52.6 Å². The second-order valence-corrected chi connectivity index (χ2v) is 11.4. The average molecular weight is 435 g/mol. The molecule has 6 nitrogen and oxygen atoms in total. The van der Waals surface area contributed by atoms with Gasteiger partial charge in [0.05, 0.1) is 50.8 Å². The maximum atomic E-state index is 5.74. The van der Waals surface area contributed by atoms with Crippen LogP contribution in [0.15, 0.2) is 0 Å². The van der Waals surface area contributed by atoms with E-state index in [9.17, 15) is 0 Å². The number of rotatable bonds is 12. The van der Waals surface area contributed by atoms with Gasteiger partial charge in [-0.05, 0) is 32.1 Å². The highest BCUT2D eigenvalue weighted by Gasteiger charge is 2.51. The van der Waals surface area contributed by atoms with Gasteiger partial charge in [-0.2, -0.15) is 0 Å². The molecule has 4 atom stereocenters. The molecule has 4 aliphatic heterocycles. The molecule has 2 saturated carbocycles. The van der Waals surface area contributed by atoms with Crippen LogP contribution in [0.25, 0.3) is 0 Å². The lowest BCUT2D eigenvalue weighted by Crippen LogP contribution is -2.62. The van der Waals surface area contributed by atoms with Crippen LogP contribution in [0.4, 0.5) is 0 Å². The van der Waals surface area contributed by atoms with Crippen LogP contribution in [0.5, 0.6) is 0 Å². The summed E-state index contributed by atoms with van der Waals surface area (Å²) < 4.78 is 22.9. The van der Waals surface area contributed by atoms with Crippen molar-refractivity contribution in [1.82, 2.24) is 9.80 Å². The molecule has 0 aromatic carbocycles. The van der Waals surface area contributed by atoms with Gasteiger partial charge in [0.25, 0.3) is 0 Å². The van der Waals surface area contributed by atoms with E-state index in [0.717, 1.165) is 52.6 Å².